The molecule has 1 unspecified atom stereocenters. The van der Waals surface area contributed by atoms with Gasteiger partial charge >= 0.3 is 5.69 Å². The summed E-state index contributed by atoms with van der Waals surface area (Å²) in [7, 11) is 3.81. The van der Waals surface area contributed by atoms with Crippen LogP contribution in [0.1, 0.15) is 43.9 Å². The van der Waals surface area contributed by atoms with Crippen LogP contribution in [0.15, 0.2) is 90.5 Å². The Morgan fingerprint density at radius 3 is 2.33 bits per heavy atom. The van der Waals surface area contributed by atoms with E-state index in [9.17, 15) is 13.6 Å². The van der Waals surface area contributed by atoms with Crippen LogP contribution in [-0.4, -0.2) is 93.7 Å². The Balaban J connectivity index is 0.000000185. The van der Waals surface area contributed by atoms with E-state index in [1.54, 1.807) is 29.0 Å². The van der Waals surface area contributed by atoms with Gasteiger partial charge in [0.05, 0.1) is 37.6 Å². The number of aromatic nitrogens is 6. The Hall–Kier alpha value is -4.92. The van der Waals surface area contributed by atoms with Gasteiger partial charge in [0.15, 0.2) is 0 Å². The Labute approximate surface area is 314 Å². The minimum absolute atomic E-state index is 0.0641. The highest BCUT2D eigenvalue weighted by Crippen LogP contribution is 2.42. The molecule has 2 aliphatic heterocycles. The van der Waals surface area contributed by atoms with Crippen molar-refractivity contribution >= 4 is 5.69 Å². The van der Waals surface area contributed by atoms with Crippen molar-refractivity contribution in [2.45, 2.75) is 57.9 Å². The number of hydrogen-bond acceptors (Lipinski definition) is 9. The lowest BCUT2D eigenvalue weighted by Gasteiger charge is -2.34. The van der Waals surface area contributed by atoms with Crippen LogP contribution in [0.25, 0.3) is 5.69 Å². The van der Waals surface area contributed by atoms with E-state index in [0.29, 0.717) is 25.2 Å². The van der Waals surface area contributed by atoms with Gasteiger partial charge in [-0.1, -0.05) is 30.7 Å². The predicted molar refractivity (Wildman–Crippen MR) is 202 cm³/mol. The van der Waals surface area contributed by atoms with Crippen molar-refractivity contribution in [1.82, 2.24) is 34.0 Å². The van der Waals surface area contributed by atoms with Gasteiger partial charge in [0, 0.05) is 56.5 Å². The van der Waals surface area contributed by atoms with E-state index in [4.69, 9.17) is 14.2 Å². The first-order chi connectivity index (χ1) is 26.1. The smallest absolute Gasteiger partial charge is 0.350 e. The zero-order chi connectivity index (χ0) is 38.2. The number of hydrogen-bond donors (Lipinski definition) is 0. The summed E-state index contributed by atoms with van der Waals surface area (Å²) in [4.78, 5) is 21.5. The van der Waals surface area contributed by atoms with Gasteiger partial charge in [0.25, 0.3) is 0 Å². The molecule has 14 heteroatoms. The number of anilines is 1. The molecule has 0 N–H and O–H groups in total. The molecule has 4 heterocycles. The van der Waals surface area contributed by atoms with Crippen molar-refractivity contribution < 1.29 is 23.0 Å². The molecule has 0 amide bonds. The number of nitrogens with zero attached hydrogens (tertiary/aromatic N) is 8. The summed E-state index contributed by atoms with van der Waals surface area (Å²) in [6.07, 6.45) is 5.82. The predicted octanol–water partition coefficient (Wildman–Crippen LogP) is 5.65. The highest BCUT2D eigenvalue weighted by atomic mass is 19.1. The number of rotatable bonds is 12. The van der Waals surface area contributed by atoms with E-state index >= 15 is 0 Å². The summed E-state index contributed by atoms with van der Waals surface area (Å²) in [6, 6.07) is 19.5. The monoisotopic (exact) mass is 744 g/mol. The zero-order valence-electron chi connectivity index (χ0n) is 31.6. The zero-order valence-corrected chi connectivity index (χ0v) is 31.6. The molecule has 2 saturated heterocycles. The second-order valence-electron chi connectivity index (χ2n) is 14.2. The summed E-state index contributed by atoms with van der Waals surface area (Å²) < 4.78 is 50.1. The van der Waals surface area contributed by atoms with Gasteiger partial charge in [-0.2, -0.15) is 10.2 Å². The Kier molecular flexibility index (Phi) is 12.6. The van der Waals surface area contributed by atoms with Crippen LogP contribution in [0.4, 0.5) is 14.5 Å². The molecule has 0 bridgehead atoms. The molecule has 0 aliphatic carbocycles. The lowest BCUT2D eigenvalue weighted by atomic mass is 9.87. The maximum absolute atomic E-state index is 14.6. The average molecular weight is 745 g/mol. The largest absolute Gasteiger partial charge is 0.493 e. The van der Waals surface area contributed by atoms with Crippen molar-refractivity contribution in [1.29, 1.82) is 0 Å². The first kappa shape index (κ1) is 38.8. The fraction of sp³-hybridized carbons (Fsp3) is 0.450. The summed E-state index contributed by atoms with van der Waals surface area (Å²) in [5.41, 5.74) is 2.43. The third-order valence-corrected chi connectivity index (χ3v) is 10.4. The van der Waals surface area contributed by atoms with Crippen molar-refractivity contribution in [3.8, 4) is 11.4 Å². The molecule has 4 atom stereocenters. The lowest BCUT2D eigenvalue weighted by molar-refractivity contribution is -0.0206. The number of ether oxygens (including phenoxy) is 3. The molecule has 3 aromatic carbocycles. The molecule has 0 spiro atoms. The van der Waals surface area contributed by atoms with Crippen LogP contribution >= 0.6 is 0 Å². The minimum Gasteiger partial charge on any atom is -0.493 e. The SMILES string of the molecule is CCC([C@H](C)OC)n1ncn(-c2ccc(N3CCN(C)CC3)cc2)c1=O.Cc1ccc(OC[C@@H]2CO[C@@](Cn3cncn3)(c3ccc(F)cc3F)C2)cc1. The van der Waals surface area contributed by atoms with E-state index in [0.717, 1.165) is 55.7 Å². The van der Waals surface area contributed by atoms with Crippen LogP contribution in [0.3, 0.4) is 0 Å². The molecule has 2 aromatic heterocycles. The molecular weight excluding hydrogens is 694 g/mol. The van der Waals surface area contributed by atoms with E-state index in [-0.39, 0.29) is 30.3 Å². The molecule has 2 fully saturated rings. The van der Waals surface area contributed by atoms with E-state index in [1.807, 2.05) is 57.2 Å². The third-order valence-electron chi connectivity index (χ3n) is 10.4. The Morgan fingerprint density at radius 2 is 1.69 bits per heavy atom. The molecule has 5 aromatic rings. The highest BCUT2D eigenvalue weighted by molar-refractivity contribution is 5.51. The number of methoxy groups -OCH3 is 1. The van der Waals surface area contributed by atoms with Crippen molar-refractivity contribution in [2.24, 2.45) is 5.92 Å². The van der Waals surface area contributed by atoms with Gasteiger partial charge in [0.1, 0.15) is 42.0 Å². The fourth-order valence-electron chi connectivity index (χ4n) is 7.11. The number of halogens is 2. The maximum Gasteiger partial charge on any atom is 0.350 e. The van der Waals surface area contributed by atoms with Crippen LogP contribution in [0, 0.1) is 24.5 Å². The van der Waals surface area contributed by atoms with Crippen molar-refractivity contribution in [2.75, 3.05) is 58.5 Å². The molecule has 2 aliphatic rings. The van der Waals surface area contributed by atoms with Gasteiger partial charge in [-0.25, -0.2) is 32.5 Å². The van der Waals surface area contributed by atoms with Gasteiger partial charge in [-0.3, -0.25) is 0 Å². The maximum atomic E-state index is 14.6. The molecule has 0 radical (unpaired) electrons. The topological polar surface area (TPSA) is 105 Å². The van der Waals surface area contributed by atoms with Gasteiger partial charge < -0.3 is 24.0 Å². The molecule has 7 rings (SSSR count). The summed E-state index contributed by atoms with van der Waals surface area (Å²) in [5, 5.41) is 8.45. The molecular formula is C40H50F2N8O4. The molecule has 288 valence electrons. The van der Waals surface area contributed by atoms with E-state index in [2.05, 4.69) is 44.2 Å². The number of likely N-dealkylation sites (N-methyl/N-ethyl adjacent to an activating group) is 1. The second-order valence-corrected chi connectivity index (χ2v) is 14.2. The Morgan fingerprint density at radius 1 is 0.963 bits per heavy atom. The van der Waals surface area contributed by atoms with Crippen molar-refractivity contribution in [3.63, 3.8) is 0 Å². The third kappa shape index (κ3) is 9.05. The summed E-state index contributed by atoms with van der Waals surface area (Å²) in [5.74, 6) is -0.392. The van der Waals surface area contributed by atoms with Gasteiger partial charge in [-0.15, -0.1) is 0 Å². The van der Waals surface area contributed by atoms with Crippen molar-refractivity contribution in [3.05, 3.63) is 119 Å². The molecule has 12 nitrogen and oxygen atoms in total. The van der Waals surface area contributed by atoms with Crippen LogP contribution in [0.5, 0.6) is 5.75 Å². The van der Waals surface area contributed by atoms with Crippen LogP contribution in [0.2, 0.25) is 0 Å². The Bertz CT molecular complexity index is 1980. The van der Waals surface area contributed by atoms with Crippen LogP contribution in [-0.2, 0) is 21.6 Å². The standard InChI is InChI=1S/C21H21F2N3O2.C19H29N5O2/c1-15-2-5-18(6-3-15)27-10-16-9-21(28-11-16,12-26-14-24-13-25-26)19-7-4-17(22)8-20(19)23;1-5-18(15(2)26-4)24-19(25)23(14-20-24)17-8-6-16(7-9-17)22-12-10-21(3)11-13-22/h2-8,13-14,16H,9-12H2,1H3;6-9,14-15,18H,5,10-13H2,1-4H3/t16-,21+;15-,18?/m10/s1. The number of benzene rings is 3. The first-order valence-electron chi connectivity index (χ1n) is 18.4. The number of piperazine rings is 1. The van der Waals surface area contributed by atoms with E-state index < -0.39 is 17.2 Å². The van der Waals surface area contributed by atoms with Gasteiger partial charge in [0.2, 0.25) is 0 Å². The highest BCUT2D eigenvalue weighted by Gasteiger charge is 2.44. The van der Waals surface area contributed by atoms with Gasteiger partial charge in [-0.05, 0) is 76.2 Å². The lowest BCUT2D eigenvalue weighted by Crippen LogP contribution is -2.44. The minimum atomic E-state index is -0.952. The summed E-state index contributed by atoms with van der Waals surface area (Å²) in [6.45, 7) is 11.4. The quantitative estimate of drug-likeness (QED) is 0.160. The number of aryl methyl sites for hydroxylation is 1. The van der Waals surface area contributed by atoms with E-state index in [1.165, 1.54) is 28.8 Å². The molecule has 54 heavy (non-hydrogen) atoms. The average Bonchev–Trinajstić information content (AvgIpc) is 3.94. The first-order valence-corrected chi connectivity index (χ1v) is 18.4. The molecule has 0 saturated carbocycles. The normalized spacial score (nSPS) is 20.0. The van der Waals surface area contributed by atoms with Crippen LogP contribution < -0.4 is 15.3 Å². The fourth-order valence-corrected chi connectivity index (χ4v) is 7.11. The summed E-state index contributed by atoms with van der Waals surface area (Å²) >= 11 is 0. The second kappa shape index (κ2) is 17.5.